The summed E-state index contributed by atoms with van der Waals surface area (Å²) in [5.74, 6) is 0. The first kappa shape index (κ1) is 36.3. The Labute approximate surface area is 357 Å². The first-order valence-electron chi connectivity index (χ1n) is 21.2. The van der Waals surface area contributed by atoms with Gasteiger partial charge in [0.25, 0.3) is 0 Å². The van der Waals surface area contributed by atoms with Gasteiger partial charge in [-0.25, -0.2) is 0 Å². The summed E-state index contributed by atoms with van der Waals surface area (Å²) in [6, 6.07) is 82.7. The minimum atomic E-state index is 1.15. The molecule has 61 heavy (non-hydrogen) atoms. The van der Waals surface area contributed by atoms with E-state index in [2.05, 4.69) is 243 Å². The molecule has 0 spiro atoms. The van der Waals surface area contributed by atoms with Gasteiger partial charge in [0.15, 0.2) is 0 Å². The fourth-order valence-electron chi connectivity index (χ4n) is 9.46. The highest BCUT2D eigenvalue weighted by molar-refractivity contribution is 6.25. The summed E-state index contributed by atoms with van der Waals surface area (Å²) in [5.41, 5.74) is 15.6. The van der Waals surface area contributed by atoms with Crippen molar-refractivity contribution >= 4 is 60.2 Å². The highest BCUT2D eigenvalue weighted by atomic mass is 15.1. The third kappa shape index (κ3) is 6.52. The Morgan fingerprint density at radius 3 is 1.20 bits per heavy atom. The Morgan fingerprint density at radius 2 is 0.672 bits per heavy atom. The summed E-state index contributed by atoms with van der Waals surface area (Å²) >= 11 is 0. The van der Waals surface area contributed by atoms with E-state index in [9.17, 15) is 0 Å². The van der Waals surface area contributed by atoms with Crippen LogP contribution in [0.4, 0.5) is 17.1 Å². The molecule has 11 aromatic carbocycles. The monoisotopic (exact) mass is 777 g/mol. The molecule has 0 aliphatic rings. The van der Waals surface area contributed by atoms with Gasteiger partial charge in [-0.15, -0.1) is 0 Å². The summed E-state index contributed by atoms with van der Waals surface area (Å²) in [5, 5.41) is 9.93. The van der Waals surface area contributed by atoms with E-state index in [1.54, 1.807) is 0 Å². The van der Waals surface area contributed by atoms with Gasteiger partial charge in [-0.2, -0.15) is 0 Å². The summed E-state index contributed by atoms with van der Waals surface area (Å²) in [6.45, 7) is 4.33. The van der Waals surface area contributed by atoms with Crippen molar-refractivity contribution in [2.75, 3.05) is 4.90 Å². The number of hydrogen-bond acceptors (Lipinski definition) is 1. The zero-order valence-corrected chi connectivity index (χ0v) is 34.3. The van der Waals surface area contributed by atoms with E-state index in [1.165, 1.54) is 98.7 Å². The molecule has 0 atom stereocenters. The second-order valence-electron chi connectivity index (χ2n) is 16.3. The van der Waals surface area contributed by atoms with Crippen LogP contribution in [-0.4, -0.2) is 0 Å². The van der Waals surface area contributed by atoms with Crippen LogP contribution >= 0.6 is 0 Å². The lowest BCUT2D eigenvalue weighted by atomic mass is 9.85. The summed E-state index contributed by atoms with van der Waals surface area (Å²) < 4.78 is 0. The second kappa shape index (κ2) is 15.1. The van der Waals surface area contributed by atoms with E-state index in [4.69, 9.17) is 0 Å². The Morgan fingerprint density at radius 1 is 0.246 bits per heavy atom. The summed E-state index contributed by atoms with van der Waals surface area (Å²) in [4.78, 5) is 2.41. The molecule has 0 N–H and O–H groups in total. The van der Waals surface area contributed by atoms with E-state index in [0.717, 1.165) is 17.1 Å². The number of rotatable bonds is 7. The van der Waals surface area contributed by atoms with E-state index in [-0.39, 0.29) is 0 Å². The van der Waals surface area contributed by atoms with Crippen molar-refractivity contribution in [1.82, 2.24) is 0 Å². The van der Waals surface area contributed by atoms with Crippen LogP contribution in [0.25, 0.3) is 87.6 Å². The van der Waals surface area contributed by atoms with Crippen LogP contribution in [0.2, 0.25) is 0 Å². The maximum absolute atomic E-state index is 2.46. The normalized spacial score (nSPS) is 11.4. The van der Waals surface area contributed by atoms with Gasteiger partial charge in [0.05, 0.1) is 5.69 Å². The molecule has 0 fully saturated rings. The van der Waals surface area contributed by atoms with Crippen LogP contribution in [0.1, 0.15) is 11.1 Å². The van der Waals surface area contributed by atoms with Crippen molar-refractivity contribution in [2.45, 2.75) is 13.8 Å². The molecule has 0 heterocycles. The maximum Gasteiger partial charge on any atom is 0.0540 e. The predicted molar refractivity (Wildman–Crippen MR) is 262 cm³/mol. The molecule has 11 rings (SSSR count). The van der Waals surface area contributed by atoms with Gasteiger partial charge in [0.1, 0.15) is 0 Å². The van der Waals surface area contributed by atoms with Crippen LogP contribution in [0.5, 0.6) is 0 Å². The molecule has 11 aromatic rings. The lowest BCUT2D eigenvalue weighted by Crippen LogP contribution is -2.11. The minimum absolute atomic E-state index is 1.15. The van der Waals surface area contributed by atoms with Crippen LogP contribution < -0.4 is 4.90 Å². The van der Waals surface area contributed by atoms with E-state index < -0.39 is 0 Å². The fraction of sp³-hybridized carbons (Fsp3) is 0.0333. The molecule has 0 bridgehead atoms. The number of aryl methyl sites for hydroxylation is 2. The Bertz CT molecular complexity index is 3330. The van der Waals surface area contributed by atoms with E-state index in [1.807, 2.05) is 0 Å². The van der Waals surface area contributed by atoms with Crippen LogP contribution in [0.15, 0.2) is 224 Å². The van der Waals surface area contributed by atoms with Crippen LogP contribution in [0, 0.1) is 13.8 Å². The largest absolute Gasteiger partial charge is 0.310 e. The average Bonchev–Trinajstić information content (AvgIpc) is 3.32. The molecule has 0 amide bonds. The van der Waals surface area contributed by atoms with Gasteiger partial charge in [-0.05, 0) is 168 Å². The Balaban J connectivity index is 1.15. The molecule has 0 aromatic heterocycles. The molecule has 0 radical (unpaired) electrons. The number of anilines is 3. The molecule has 0 saturated heterocycles. The second-order valence-corrected chi connectivity index (χ2v) is 16.3. The first-order valence-corrected chi connectivity index (χ1v) is 21.2. The summed E-state index contributed by atoms with van der Waals surface area (Å²) in [7, 11) is 0. The summed E-state index contributed by atoms with van der Waals surface area (Å²) in [6.07, 6.45) is 0. The topological polar surface area (TPSA) is 3.24 Å². The van der Waals surface area contributed by atoms with Crippen LogP contribution in [0.3, 0.4) is 0 Å². The Kier molecular flexibility index (Phi) is 9.02. The lowest BCUT2D eigenvalue weighted by molar-refractivity contribution is 1.27. The third-order valence-electron chi connectivity index (χ3n) is 12.3. The molecule has 0 aliphatic carbocycles. The zero-order valence-electron chi connectivity index (χ0n) is 34.3. The maximum atomic E-state index is 2.46. The Hall–Kier alpha value is -7.74. The third-order valence-corrected chi connectivity index (χ3v) is 12.3. The van der Waals surface area contributed by atoms with E-state index in [0.29, 0.717) is 0 Å². The smallest absolute Gasteiger partial charge is 0.0540 e. The van der Waals surface area contributed by atoms with Gasteiger partial charge in [0.2, 0.25) is 0 Å². The predicted octanol–water partition coefficient (Wildman–Crippen LogP) is 17.1. The van der Waals surface area contributed by atoms with Crippen molar-refractivity contribution in [1.29, 1.82) is 0 Å². The zero-order chi connectivity index (χ0) is 40.9. The number of hydrogen-bond donors (Lipinski definition) is 0. The van der Waals surface area contributed by atoms with Crippen molar-refractivity contribution in [3.63, 3.8) is 0 Å². The molecule has 0 aliphatic heterocycles. The first-order chi connectivity index (χ1) is 30.1. The van der Waals surface area contributed by atoms with Crippen molar-refractivity contribution in [3.8, 4) is 44.5 Å². The quantitative estimate of drug-likeness (QED) is 0.146. The molecule has 1 heteroatoms. The average molecular weight is 778 g/mol. The minimum Gasteiger partial charge on any atom is -0.310 e. The number of fused-ring (bicyclic) bond motifs is 6. The highest BCUT2D eigenvalue weighted by Crippen LogP contribution is 2.47. The highest BCUT2D eigenvalue weighted by Gasteiger charge is 2.20. The molecular weight excluding hydrogens is 735 g/mol. The van der Waals surface area contributed by atoms with Crippen molar-refractivity contribution in [3.05, 3.63) is 236 Å². The standard InChI is InChI=1S/C60H43N/c1-40-17-15-23-47(33-40)61(48-24-16-18-41(2)34-48)60-32-31-54(49-25-13-14-30-55(49)60)57-39-59-51-27-10-9-26-50(51)56(38-58(59)53-29-12-11-28-52(53)57)46-36-44(42-19-5-3-6-20-42)35-45(37-46)43-21-7-4-8-22-43/h3-39H,1-2H3. The molecule has 1 nitrogen and oxygen atoms in total. The van der Waals surface area contributed by atoms with Crippen LogP contribution in [-0.2, 0) is 0 Å². The molecule has 288 valence electrons. The lowest BCUT2D eigenvalue weighted by Gasteiger charge is -2.28. The number of nitrogens with zero attached hydrogens (tertiary/aromatic N) is 1. The molecule has 0 unspecified atom stereocenters. The van der Waals surface area contributed by atoms with Gasteiger partial charge in [-0.1, -0.05) is 164 Å². The fourth-order valence-corrected chi connectivity index (χ4v) is 9.46. The number of benzene rings is 11. The van der Waals surface area contributed by atoms with Gasteiger partial charge >= 0.3 is 0 Å². The molecular formula is C60H43N. The van der Waals surface area contributed by atoms with Gasteiger partial charge < -0.3 is 4.90 Å². The van der Waals surface area contributed by atoms with Gasteiger partial charge in [-0.3, -0.25) is 0 Å². The van der Waals surface area contributed by atoms with E-state index >= 15 is 0 Å². The SMILES string of the molecule is Cc1cccc(N(c2cccc(C)c2)c2ccc(-c3cc4c5ccccc5c(-c5cc(-c6ccccc6)cc(-c6ccccc6)c5)cc4c4ccccc34)c3ccccc23)c1. The van der Waals surface area contributed by atoms with Crippen molar-refractivity contribution < 1.29 is 0 Å². The molecule has 0 saturated carbocycles. The van der Waals surface area contributed by atoms with Gasteiger partial charge in [0, 0.05) is 16.8 Å². The van der Waals surface area contributed by atoms with Crippen molar-refractivity contribution in [2.24, 2.45) is 0 Å².